The van der Waals surface area contributed by atoms with Crippen LogP contribution in [0.5, 0.6) is 0 Å². The molecular weight excluding hydrogens is 267 g/mol. The molecule has 1 unspecified atom stereocenters. The van der Waals surface area contributed by atoms with Crippen LogP contribution in [-0.2, 0) is 5.54 Å². The van der Waals surface area contributed by atoms with Gasteiger partial charge in [-0.15, -0.1) is 0 Å². The first-order valence-corrected chi connectivity index (χ1v) is 7.03. The summed E-state index contributed by atoms with van der Waals surface area (Å²) >= 11 is 6.01. The summed E-state index contributed by atoms with van der Waals surface area (Å²) in [6.07, 6.45) is 4.09. The molecule has 1 aromatic heterocycles. The van der Waals surface area contributed by atoms with Crippen molar-refractivity contribution in [1.82, 2.24) is 10.3 Å². The smallest absolute Gasteiger partial charge is 0.215 e. The number of hydrogen-bond acceptors (Lipinski definition) is 3. The lowest BCUT2D eigenvalue weighted by Gasteiger charge is -2.25. The van der Waals surface area contributed by atoms with Gasteiger partial charge >= 0.3 is 0 Å². The summed E-state index contributed by atoms with van der Waals surface area (Å²) in [6.45, 7) is 3.10. The van der Waals surface area contributed by atoms with E-state index in [1.165, 1.54) is 12.1 Å². The number of hydrogen-bond donors (Lipinski definition) is 1. The topological polar surface area (TPSA) is 38.1 Å². The third-order valence-electron chi connectivity index (χ3n) is 3.74. The van der Waals surface area contributed by atoms with E-state index in [1.54, 1.807) is 0 Å². The van der Waals surface area contributed by atoms with Crippen molar-refractivity contribution in [1.29, 1.82) is 0 Å². The molecule has 0 bridgehead atoms. The Balaban J connectivity index is 2.11. The minimum Gasteiger partial charge on any atom is -0.437 e. The summed E-state index contributed by atoms with van der Waals surface area (Å²) in [5.74, 6) is 0.246. The van der Waals surface area contributed by atoms with E-state index in [-0.39, 0.29) is 16.4 Å². The second kappa shape index (κ2) is 4.76. The molecule has 3 nitrogen and oxygen atoms in total. The van der Waals surface area contributed by atoms with Crippen molar-refractivity contribution in [3.05, 3.63) is 28.9 Å². The van der Waals surface area contributed by atoms with Crippen LogP contribution in [0.25, 0.3) is 11.1 Å². The van der Waals surface area contributed by atoms with Gasteiger partial charge in [-0.2, -0.15) is 0 Å². The van der Waals surface area contributed by atoms with Gasteiger partial charge in [0.25, 0.3) is 0 Å². The highest BCUT2D eigenvalue weighted by molar-refractivity contribution is 6.34. The van der Waals surface area contributed by atoms with E-state index in [9.17, 15) is 4.39 Å². The zero-order chi connectivity index (χ0) is 13.5. The summed E-state index contributed by atoms with van der Waals surface area (Å²) < 4.78 is 19.2. The lowest BCUT2D eigenvalue weighted by atomic mass is 9.92. The fraction of sp³-hybridized carbons (Fsp3) is 0.500. The van der Waals surface area contributed by atoms with Crippen LogP contribution in [0.3, 0.4) is 0 Å². The van der Waals surface area contributed by atoms with Gasteiger partial charge < -0.3 is 9.73 Å². The van der Waals surface area contributed by atoms with Crippen molar-refractivity contribution in [2.75, 3.05) is 6.54 Å². The summed E-state index contributed by atoms with van der Waals surface area (Å²) in [6, 6.07) is 2.62. The van der Waals surface area contributed by atoms with Crippen LogP contribution in [0.1, 0.15) is 38.5 Å². The van der Waals surface area contributed by atoms with E-state index >= 15 is 0 Å². The van der Waals surface area contributed by atoms with Crippen LogP contribution in [0, 0.1) is 5.82 Å². The molecule has 0 saturated carbocycles. The summed E-state index contributed by atoms with van der Waals surface area (Å²) in [7, 11) is 0. The average Bonchev–Trinajstić information content (AvgIpc) is 2.96. The monoisotopic (exact) mass is 282 g/mol. The third kappa shape index (κ3) is 2.13. The van der Waals surface area contributed by atoms with Crippen molar-refractivity contribution < 1.29 is 8.81 Å². The first-order chi connectivity index (χ1) is 9.14. The molecule has 2 aromatic rings. The SMILES string of the molecule is CCCC1(c2nc3cc(F)cc(Cl)c3o2)CCCN1. The fourth-order valence-corrected chi connectivity index (χ4v) is 3.14. The highest BCUT2D eigenvalue weighted by Crippen LogP contribution is 2.37. The number of fused-ring (bicyclic) bond motifs is 1. The lowest BCUT2D eigenvalue weighted by Crippen LogP contribution is -2.36. The van der Waals surface area contributed by atoms with E-state index in [2.05, 4.69) is 17.2 Å². The molecule has 19 heavy (non-hydrogen) atoms. The first kappa shape index (κ1) is 12.9. The average molecular weight is 283 g/mol. The quantitative estimate of drug-likeness (QED) is 0.925. The molecule has 102 valence electrons. The van der Waals surface area contributed by atoms with Gasteiger partial charge in [0.1, 0.15) is 11.3 Å². The van der Waals surface area contributed by atoms with Crippen LogP contribution in [-0.4, -0.2) is 11.5 Å². The Morgan fingerprint density at radius 2 is 2.37 bits per heavy atom. The van der Waals surface area contributed by atoms with Gasteiger partial charge in [-0.1, -0.05) is 24.9 Å². The third-order valence-corrected chi connectivity index (χ3v) is 4.02. The summed E-state index contributed by atoms with van der Waals surface area (Å²) in [5.41, 5.74) is 0.750. The Labute approximate surface area is 116 Å². The van der Waals surface area contributed by atoms with Crippen LogP contribution >= 0.6 is 11.6 Å². The van der Waals surface area contributed by atoms with Crippen LogP contribution in [0.15, 0.2) is 16.5 Å². The van der Waals surface area contributed by atoms with Gasteiger partial charge in [0, 0.05) is 6.07 Å². The molecule has 1 atom stereocenters. The van der Waals surface area contributed by atoms with Crippen molar-refractivity contribution >= 4 is 22.7 Å². The number of nitrogens with zero attached hydrogens (tertiary/aromatic N) is 1. The zero-order valence-electron chi connectivity index (χ0n) is 10.8. The van der Waals surface area contributed by atoms with Gasteiger partial charge in [0.2, 0.25) is 5.89 Å². The number of nitrogens with one attached hydrogen (secondary N) is 1. The lowest BCUT2D eigenvalue weighted by molar-refractivity contribution is 0.280. The maximum absolute atomic E-state index is 13.3. The first-order valence-electron chi connectivity index (χ1n) is 6.66. The maximum Gasteiger partial charge on any atom is 0.215 e. The number of rotatable bonds is 3. The van der Waals surface area contributed by atoms with Crippen molar-refractivity contribution in [2.45, 2.75) is 38.1 Å². The van der Waals surface area contributed by atoms with Crippen LogP contribution in [0.4, 0.5) is 4.39 Å². The molecule has 0 radical (unpaired) electrons. The Bertz CT molecular complexity index is 605. The molecule has 1 aliphatic rings. The highest BCUT2D eigenvalue weighted by Gasteiger charge is 2.39. The summed E-state index contributed by atoms with van der Waals surface area (Å²) in [5, 5.41) is 3.77. The largest absolute Gasteiger partial charge is 0.437 e. The molecule has 1 saturated heterocycles. The Morgan fingerprint density at radius 3 is 3.05 bits per heavy atom. The van der Waals surface area contributed by atoms with E-state index in [1.807, 2.05) is 0 Å². The van der Waals surface area contributed by atoms with Crippen molar-refractivity contribution in [3.8, 4) is 0 Å². The van der Waals surface area contributed by atoms with Crippen LogP contribution < -0.4 is 5.32 Å². The number of benzene rings is 1. The molecule has 0 aliphatic carbocycles. The molecule has 1 N–H and O–H groups in total. The van der Waals surface area contributed by atoms with E-state index in [4.69, 9.17) is 16.0 Å². The minimum absolute atomic E-state index is 0.215. The van der Waals surface area contributed by atoms with Gasteiger partial charge in [-0.3, -0.25) is 0 Å². The fourth-order valence-electron chi connectivity index (χ4n) is 2.90. The number of oxazole rings is 1. The van der Waals surface area contributed by atoms with Crippen molar-refractivity contribution in [3.63, 3.8) is 0 Å². The molecule has 0 spiro atoms. The Morgan fingerprint density at radius 1 is 1.53 bits per heavy atom. The highest BCUT2D eigenvalue weighted by atomic mass is 35.5. The molecule has 1 aliphatic heterocycles. The van der Waals surface area contributed by atoms with Gasteiger partial charge in [-0.05, 0) is 31.9 Å². The Hall–Kier alpha value is -1.13. The normalized spacial score (nSPS) is 23.3. The molecule has 1 fully saturated rings. The Kier molecular flexibility index (Phi) is 3.23. The van der Waals surface area contributed by atoms with E-state index < -0.39 is 0 Å². The molecular formula is C14H16ClFN2O. The number of aromatic nitrogens is 1. The van der Waals surface area contributed by atoms with E-state index in [0.29, 0.717) is 17.0 Å². The molecule has 0 amide bonds. The number of halogens is 2. The zero-order valence-corrected chi connectivity index (χ0v) is 11.6. The second-order valence-electron chi connectivity index (χ2n) is 5.12. The predicted molar refractivity (Wildman–Crippen MR) is 72.8 cm³/mol. The molecule has 5 heteroatoms. The molecule has 1 aromatic carbocycles. The predicted octanol–water partition coefficient (Wildman–Crippen LogP) is 4.00. The van der Waals surface area contributed by atoms with Crippen LogP contribution in [0.2, 0.25) is 5.02 Å². The van der Waals surface area contributed by atoms with Crippen molar-refractivity contribution in [2.24, 2.45) is 0 Å². The van der Waals surface area contributed by atoms with Gasteiger partial charge in [0.05, 0.1) is 10.6 Å². The van der Waals surface area contributed by atoms with Gasteiger partial charge in [-0.25, -0.2) is 9.37 Å². The standard InChI is InChI=1S/C14H16ClFN2O/c1-2-4-14(5-3-6-17-14)13-18-11-8-9(16)7-10(15)12(11)19-13/h7-8,17H,2-6H2,1H3. The maximum atomic E-state index is 13.3. The summed E-state index contributed by atoms with van der Waals surface area (Å²) in [4.78, 5) is 4.45. The second-order valence-corrected chi connectivity index (χ2v) is 5.52. The van der Waals surface area contributed by atoms with Gasteiger partial charge in [0.15, 0.2) is 5.58 Å². The molecule has 3 rings (SSSR count). The van der Waals surface area contributed by atoms with E-state index in [0.717, 1.165) is 32.2 Å². The minimum atomic E-state index is -0.388. The molecule has 2 heterocycles.